The molecule has 160 valence electrons. The van der Waals surface area contributed by atoms with Crippen LogP contribution in [0.2, 0.25) is 0 Å². The molecule has 0 radical (unpaired) electrons. The molecule has 2 aliphatic carbocycles. The summed E-state index contributed by atoms with van der Waals surface area (Å²) in [5.74, 6) is 3.11. The number of amides is 1. The second kappa shape index (κ2) is 7.11. The summed E-state index contributed by atoms with van der Waals surface area (Å²) in [4.78, 5) is 17.8. The number of hydrogen-bond acceptors (Lipinski definition) is 7. The molecule has 2 saturated carbocycles. The number of aromatic nitrogens is 4. The molecule has 1 aliphatic heterocycles. The Labute approximate surface area is 178 Å². The van der Waals surface area contributed by atoms with Crippen LogP contribution in [0.1, 0.15) is 36.6 Å². The van der Waals surface area contributed by atoms with Crippen molar-refractivity contribution in [3.8, 4) is 22.9 Å². The lowest BCUT2D eigenvalue weighted by Gasteiger charge is -2.27. The van der Waals surface area contributed by atoms with Crippen LogP contribution in [0, 0.1) is 17.8 Å². The highest BCUT2D eigenvalue weighted by Crippen LogP contribution is 2.56. The molecule has 2 fully saturated rings. The molecule has 1 aromatic carbocycles. The minimum atomic E-state index is -0.138. The minimum absolute atomic E-state index is 0.0390. The fourth-order valence-corrected chi connectivity index (χ4v) is 5.42. The predicted octanol–water partition coefficient (Wildman–Crippen LogP) is 2.64. The molecule has 2 aromatic heterocycles. The first kappa shape index (κ1) is 18.4. The fraction of sp³-hybridized carbons (Fsp3) is 0.455. The number of fused-ring (bicyclic) bond motifs is 3. The van der Waals surface area contributed by atoms with Crippen molar-refractivity contribution < 1.29 is 18.8 Å². The van der Waals surface area contributed by atoms with Gasteiger partial charge in [-0.2, -0.15) is 10.1 Å². The zero-order chi connectivity index (χ0) is 20.9. The maximum Gasteiger partial charge on any atom is 0.231 e. The Hall–Kier alpha value is -3.36. The smallest absolute Gasteiger partial charge is 0.231 e. The summed E-state index contributed by atoms with van der Waals surface area (Å²) in [5, 5.41) is 11.5. The second-order valence-corrected chi connectivity index (χ2v) is 8.65. The van der Waals surface area contributed by atoms with Gasteiger partial charge in [-0.3, -0.25) is 9.48 Å². The number of rotatable bonds is 5. The number of nitrogens with zero attached hydrogens (tertiary/aromatic N) is 4. The average Bonchev–Trinajstić information content (AvgIpc) is 3.59. The number of carbonyl (C=O) groups excluding carboxylic acids is 1. The molecule has 0 spiro atoms. The SMILES string of the molecule is Cn1cc(CNC(=O)[C@H]2[C@H]3CC[C@H](C3)[C@@H]2c2nc(-c3ccc4c(c3)OCO4)no2)cn1. The van der Waals surface area contributed by atoms with E-state index in [1.165, 1.54) is 0 Å². The largest absolute Gasteiger partial charge is 0.454 e. The highest BCUT2D eigenvalue weighted by molar-refractivity contribution is 5.80. The van der Waals surface area contributed by atoms with Gasteiger partial charge in [0.25, 0.3) is 0 Å². The Bertz CT molecular complexity index is 1140. The summed E-state index contributed by atoms with van der Waals surface area (Å²) in [5.41, 5.74) is 1.79. The topological polar surface area (TPSA) is 104 Å². The first-order chi connectivity index (χ1) is 15.2. The molecule has 3 heterocycles. The van der Waals surface area contributed by atoms with Gasteiger partial charge in [0.05, 0.1) is 18.0 Å². The van der Waals surface area contributed by atoms with Gasteiger partial charge in [0.15, 0.2) is 11.5 Å². The summed E-state index contributed by atoms with van der Waals surface area (Å²) in [6.07, 6.45) is 6.90. The lowest BCUT2D eigenvalue weighted by molar-refractivity contribution is -0.127. The van der Waals surface area contributed by atoms with Crippen LogP contribution in [0.25, 0.3) is 11.4 Å². The lowest BCUT2D eigenvalue weighted by atomic mass is 9.78. The van der Waals surface area contributed by atoms with E-state index in [1.54, 1.807) is 10.9 Å². The number of nitrogens with one attached hydrogen (secondary N) is 1. The third-order valence-corrected chi connectivity index (χ3v) is 6.80. The molecular formula is C22H23N5O4. The molecule has 0 saturated heterocycles. The third kappa shape index (κ3) is 3.15. The van der Waals surface area contributed by atoms with Gasteiger partial charge in [-0.1, -0.05) is 5.16 Å². The highest BCUT2D eigenvalue weighted by Gasteiger charge is 2.53. The van der Waals surface area contributed by atoms with Crippen molar-refractivity contribution >= 4 is 5.91 Å². The monoisotopic (exact) mass is 421 g/mol. The number of hydrogen-bond donors (Lipinski definition) is 1. The van der Waals surface area contributed by atoms with E-state index in [0.717, 1.165) is 30.4 Å². The van der Waals surface area contributed by atoms with Crippen molar-refractivity contribution in [3.05, 3.63) is 42.0 Å². The van der Waals surface area contributed by atoms with Crippen LogP contribution in [0.4, 0.5) is 0 Å². The lowest BCUT2D eigenvalue weighted by Crippen LogP contribution is -2.37. The first-order valence-electron chi connectivity index (χ1n) is 10.6. The van der Waals surface area contributed by atoms with E-state index in [2.05, 4.69) is 15.6 Å². The van der Waals surface area contributed by atoms with Crippen molar-refractivity contribution in [2.75, 3.05) is 6.79 Å². The standard InChI is InChI=1S/C22H23N5O4/c1-27-10-12(9-24-27)8-23-21(28)18-13-2-3-14(6-13)19(18)22-25-20(26-31-22)15-4-5-16-17(7-15)30-11-29-16/h4-5,7,9-10,13-14,18-19H,2-3,6,8,11H2,1H3,(H,23,28)/t13-,14+,18-,19-/m0/s1. The molecule has 31 heavy (non-hydrogen) atoms. The predicted molar refractivity (Wildman–Crippen MR) is 108 cm³/mol. The number of ether oxygens (including phenoxy) is 2. The van der Waals surface area contributed by atoms with Gasteiger partial charge in [0.1, 0.15) is 0 Å². The highest BCUT2D eigenvalue weighted by atomic mass is 16.7. The van der Waals surface area contributed by atoms with E-state index >= 15 is 0 Å². The molecule has 3 aliphatic rings. The maximum absolute atomic E-state index is 13.1. The molecule has 2 bridgehead atoms. The molecule has 0 unspecified atom stereocenters. The molecule has 9 heteroatoms. The molecule has 1 amide bonds. The van der Waals surface area contributed by atoms with Crippen molar-refractivity contribution in [3.63, 3.8) is 0 Å². The van der Waals surface area contributed by atoms with Crippen LogP contribution in [0.3, 0.4) is 0 Å². The normalized spacial score (nSPS) is 25.8. The Balaban J connectivity index is 1.23. The van der Waals surface area contributed by atoms with Crippen LogP contribution in [-0.4, -0.2) is 32.6 Å². The van der Waals surface area contributed by atoms with Crippen LogP contribution in [0.5, 0.6) is 11.5 Å². The Morgan fingerprint density at radius 3 is 2.97 bits per heavy atom. The van der Waals surface area contributed by atoms with E-state index in [-0.39, 0.29) is 24.5 Å². The Kier molecular flexibility index (Phi) is 4.22. The summed E-state index contributed by atoms with van der Waals surface area (Å²) in [6.45, 7) is 0.691. The number of aryl methyl sites for hydroxylation is 1. The van der Waals surface area contributed by atoms with Crippen LogP contribution in [-0.2, 0) is 18.4 Å². The van der Waals surface area contributed by atoms with Crippen LogP contribution in [0.15, 0.2) is 35.1 Å². The first-order valence-corrected chi connectivity index (χ1v) is 10.6. The van der Waals surface area contributed by atoms with E-state index in [9.17, 15) is 4.79 Å². The van der Waals surface area contributed by atoms with Gasteiger partial charge >= 0.3 is 0 Å². The van der Waals surface area contributed by atoms with E-state index in [4.69, 9.17) is 19.0 Å². The van der Waals surface area contributed by atoms with Gasteiger partial charge in [0.2, 0.25) is 24.4 Å². The molecular weight excluding hydrogens is 398 g/mol. The summed E-state index contributed by atoms with van der Waals surface area (Å²) >= 11 is 0. The molecule has 9 nitrogen and oxygen atoms in total. The average molecular weight is 421 g/mol. The van der Waals surface area contributed by atoms with Crippen molar-refractivity contribution in [2.24, 2.45) is 24.8 Å². The summed E-state index contributed by atoms with van der Waals surface area (Å²) in [6, 6.07) is 5.59. The van der Waals surface area contributed by atoms with E-state index < -0.39 is 0 Å². The van der Waals surface area contributed by atoms with Crippen LogP contribution >= 0.6 is 0 Å². The Morgan fingerprint density at radius 2 is 2.10 bits per heavy atom. The zero-order valence-corrected chi connectivity index (χ0v) is 17.2. The molecule has 6 rings (SSSR count). The van der Waals surface area contributed by atoms with Crippen molar-refractivity contribution in [1.82, 2.24) is 25.2 Å². The molecule has 3 aromatic rings. The summed E-state index contributed by atoms with van der Waals surface area (Å²) < 4.78 is 18.3. The van der Waals surface area contributed by atoms with E-state index in [0.29, 0.717) is 41.6 Å². The van der Waals surface area contributed by atoms with Gasteiger partial charge in [-0.05, 0) is 49.3 Å². The third-order valence-electron chi connectivity index (χ3n) is 6.80. The molecule has 1 N–H and O–H groups in total. The van der Waals surface area contributed by atoms with Gasteiger partial charge in [0, 0.05) is 30.9 Å². The van der Waals surface area contributed by atoms with Gasteiger partial charge < -0.3 is 19.3 Å². The number of carbonyl (C=O) groups is 1. The number of benzene rings is 1. The maximum atomic E-state index is 13.1. The van der Waals surface area contributed by atoms with E-state index in [1.807, 2.05) is 31.4 Å². The Morgan fingerprint density at radius 1 is 1.23 bits per heavy atom. The van der Waals surface area contributed by atoms with Crippen LogP contribution < -0.4 is 14.8 Å². The van der Waals surface area contributed by atoms with Gasteiger partial charge in [-0.15, -0.1) is 0 Å². The van der Waals surface area contributed by atoms with Crippen molar-refractivity contribution in [2.45, 2.75) is 31.7 Å². The summed E-state index contributed by atoms with van der Waals surface area (Å²) in [7, 11) is 1.87. The second-order valence-electron chi connectivity index (χ2n) is 8.65. The molecule has 4 atom stereocenters. The zero-order valence-electron chi connectivity index (χ0n) is 17.2. The fourth-order valence-electron chi connectivity index (χ4n) is 5.42. The van der Waals surface area contributed by atoms with Crippen molar-refractivity contribution in [1.29, 1.82) is 0 Å². The quantitative estimate of drug-likeness (QED) is 0.675. The minimum Gasteiger partial charge on any atom is -0.454 e. The van der Waals surface area contributed by atoms with Gasteiger partial charge in [-0.25, -0.2) is 0 Å².